The molecule has 26 heavy (non-hydrogen) atoms. The van der Waals surface area contributed by atoms with Crippen molar-refractivity contribution in [1.29, 1.82) is 0 Å². The lowest BCUT2D eigenvalue weighted by Gasteiger charge is -2.11. The van der Waals surface area contributed by atoms with Crippen molar-refractivity contribution >= 4 is 33.7 Å². The van der Waals surface area contributed by atoms with Crippen LogP contribution in [0.15, 0.2) is 54.7 Å². The van der Waals surface area contributed by atoms with E-state index in [1.165, 1.54) is 18.2 Å². The molecule has 2 aromatic carbocycles. The van der Waals surface area contributed by atoms with Crippen molar-refractivity contribution in [2.45, 2.75) is 0 Å². The summed E-state index contributed by atoms with van der Waals surface area (Å²) in [4.78, 5) is 25.1. The number of nitrogens with one attached hydrogen (secondary N) is 2. The predicted octanol–water partition coefficient (Wildman–Crippen LogP) is 3.58. The van der Waals surface area contributed by atoms with E-state index in [0.29, 0.717) is 29.7 Å². The predicted molar refractivity (Wildman–Crippen MR) is 98.5 cm³/mol. The monoisotopic (exact) mass is 353 g/mol. The highest BCUT2D eigenvalue weighted by Crippen LogP contribution is 2.29. The van der Waals surface area contributed by atoms with Crippen LogP contribution in [0, 0.1) is 20.2 Å². The van der Waals surface area contributed by atoms with Crippen molar-refractivity contribution < 1.29 is 9.85 Å². The van der Waals surface area contributed by atoms with E-state index in [1.54, 1.807) is 36.5 Å². The van der Waals surface area contributed by atoms with E-state index in [0.717, 1.165) is 5.69 Å². The third kappa shape index (κ3) is 3.66. The fraction of sp³-hybridized carbons (Fsp3) is 0.118. The van der Waals surface area contributed by atoms with Crippen molar-refractivity contribution in [2.75, 3.05) is 23.7 Å². The first-order valence-corrected chi connectivity index (χ1v) is 7.80. The van der Waals surface area contributed by atoms with Gasteiger partial charge in [-0.05, 0) is 30.3 Å². The molecule has 0 fully saturated rings. The number of fused-ring (bicyclic) bond motifs is 1. The molecule has 9 nitrogen and oxygen atoms in total. The Morgan fingerprint density at radius 2 is 1.62 bits per heavy atom. The number of hydrogen-bond acceptors (Lipinski definition) is 7. The number of aromatic nitrogens is 1. The summed E-state index contributed by atoms with van der Waals surface area (Å²) in [5.74, 6) is 0. The molecule has 3 rings (SSSR count). The zero-order valence-corrected chi connectivity index (χ0v) is 13.6. The molecule has 132 valence electrons. The van der Waals surface area contributed by atoms with Gasteiger partial charge in [0.15, 0.2) is 0 Å². The van der Waals surface area contributed by atoms with E-state index < -0.39 is 9.85 Å². The first kappa shape index (κ1) is 17.1. The minimum Gasteiger partial charge on any atom is -0.383 e. The molecule has 0 radical (unpaired) electrons. The average molecular weight is 353 g/mol. The van der Waals surface area contributed by atoms with E-state index in [2.05, 4.69) is 15.6 Å². The van der Waals surface area contributed by atoms with E-state index >= 15 is 0 Å². The summed E-state index contributed by atoms with van der Waals surface area (Å²) in [5, 5.41) is 28.6. The molecule has 0 aliphatic heterocycles. The second-order valence-corrected chi connectivity index (χ2v) is 5.45. The Morgan fingerprint density at radius 1 is 0.885 bits per heavy atom. The molecule has 2 N–H and O–H groups in total. The van der Waals surface area contributed by atoms with Gasteiger partial charge in [0.25, 0.3) is 11.4 Å². The molecular formula is C17H15N5O4. The average Bonchev–Trinajstić information content (AvgIpc) is 2.65. The second-order valence-electron chi connectivity index (χ2n) is 5.45. The largest absolute Gasteiger partial charge is 0.383 e. The molecule has 0 unspecified atom stereocenters. The summed E-state index contributed by atoms with van der Waals surface area (Å²) in [5.41, 5.74) is 2.07. The van der Waals surface area contributed by atoms with Crippen molar-refractivity contribution in [1.82, 2.24) is 4.98 Å². The quantitative estimate of drug-likeness (QED) is 0.378. The Kier molecular flexibility index (Phi) is 4.88. The van der Waals surface area contributed by atoms with E-state index in [1.807, 2.05) is 0 Å². The summed E-state index contributed by atoms with van der Waals surface area (Å²) < 4.78 is 0. The maximum absolute atomic E-state index is 11.1. The summed E-state index contributed by atoms with van der Waals surface area (Å²) in [6, 6.07) is 12.6. The Bertz CT molecular complexity index is 959. The van der Waals surface area contributed by atoms with Gasteiger partial charge >= 0.3 is 0 Å². The number of hydrogen-bond donors (Lipinski definition) is 2. The SMILES string of the molecule is O=[N+]([O-])c1ccc(NCCNc2ccc([N+](=O)[O-])c3cccnc23)cc1. The van der Waals surface area contributed by atoms with Crippen molar-refractivity contribution in [3.05, 3.63) is 75.0 Å². The lowest BCUT2D eigenvalue weighted by molar-refractivity contribution is -0.384. The van der Waals surface area contributed by atoms with Gasteiger partial charge in [-0.1, -0.05) is 0 Å². The zero-order chi connectivity index (χ0) is 18.5. The lowest BCUT2D eigenvalue weighted by atomic mass is 10.1. The van der Waals surface area contributed by atoms with Gasteiger partial charge in [-0.25, -0.2) is 0 Å². The first-order chi connectivity index (χ1) is 12.6. The summed E-state index contributed by atoms with van der Waals surface area (Å²) >= 11 is 0. The highest BCUT2D eigenvalue weighted by atomic mass is 16.6. The molecule has 0 amide bonds. The van der Waals surface area contributed by atoms with Gasteiger partial charge in [0.1, 0.15) is 5.52 Å². The zero-order valence-electron chi connectivity index (χ0n) is 13.6. The molecule has 3 aromatic rings. The standard InChI is InChI=1S/C17H15N5O4/c23-21(24)13-5-3-12(4-6-13)18-10-11-19-15-7-8-16(22(25)26)14-2-1-9-20-17(14)15/h1-9,18-19H,10-11H2. The topological polar surface area (TPSA) is 123 Å². The van der Waals surface area contributed by atoms with Gasteiger partial charge in [0.05, 0.1) is 20.9 Å². The smallest absolute Gasteiger partial charge is 0.278 e. The van der Waals surface area contributed by atoms with E-state index in [4.69, 9.17) is 0 Å². The number of nitrogens with zero attached hydrogens (tertiary/aromatic N) is 3. The van der Waals surface area contributed by atoms with Crippen LogP contribution in [0.25, 0.3) is 10.9 Å². The first-order valence-electron chi connectivity index (χ1n) is 7.80. The minimum absolute atomic E-state index is 0.0163. The number of nitro benzene ring substituents is 2. The van der Waals surface area contributed by atoms with Crippen molar-refractivity contribution in [3.63, 3.8) is 0 Å². The van der Waals surface area contributed by atoms with Crippen LogP contribution in [0.4, 0.5) is 22.7 Å². The van der Waals surface area contributed by atoms with Crippen LogP contribution in [0.5, 0.6) is 0 Å². The van der Waals surface area contributed by atoms with Crippen LogP contribution >= 0.6 is 0 Å². The molecule has 0 bridgehead atoms. The maximum atomic E-state index is 11.1. The van der Waals surface area contributed by atoms with E-state index in [9.17, 15) is 20.2 Å². The van der Waals surface area contributed by atoms with Gasteiger partial charge in [-0.15, -0.1) is 0 Å². The van der Waals surface area contributed by atoms with Crippen LogP contribution in [0.1, 0.15) is 0 Å². The number of nitro groups is 2. The third-order valence-corrected chi connectivity index (χ3v) is 3.79. The third-order valence-electron chi connectivity index (χ3n) is 3.79. The normalized spacial score (nSPS) is 10.5. The second kappa shape index (κ2) is 7.43. The summed E-state index contributed by atoms with van der Waals surface area (Å²) in [6.45, 7) is 1.10. The van der Waals surface area contributed by atoms with Crippen LogP contribution in [-0.4, -0.2) is 27.9 Å². The summed E-state index contributed by atoms with van der Waals surface area (Å²) in [7, 11) is 0. The number of rotatable bonds is 7. The molecule has 9 heteroatoms. The number of benzene rings is 2. The number of non-ortho nitro benzene ring substituents is 2. The van der Waals surface area contributed by atoms with Crippen LogP contribution < -0.4 is 10.6 Å². The molecule has 0 saturated heterocycles. The molecule has 0 saturated carbocycles. The van der Waals surface area contributed by atoms with Crippen LogP contribution in [-0.2, 0) is 0 Å². The lowest BCUT2D eigenvalue weighted by Crippen LogP contribution is -2.14. The fourth-order valence-corrected chi connectivity index (χ4v) is 2.56. The van der Waals surface area contributed by atoms with Crippen LogP contribution in [0.3, 0.4) is 0 Å². The molecule has 1 aromatic heterocycles. The molecule has 0 aliphatic rings. The van der Waals surface area contributed by atoms with Gasteiger partial charge in [-0.2, -0.15) is 0 Å². The molecule has 0 aliphatic carbocycles. The molecule has 0 spiro atoms. The van der Waals surface area contributed by atoms with E-state index in [-0.39, 0.29) is 11.4 Å². The Balaban J connectivity index is 1.64. The Labute approximate surface area is 148 Å². The van der Waals surface area contributed by atoms with Crippen molar-refractivity contribution in [3.8, 4) is 0 Å². The minimum atomic E-state index is -0.446. The Morgan fingerprint density at radius 3 is 2.31 bits per heavy atom. The summed E-state index contributed by atoms with van der Waals surface area (Å²) in [6.07, 6.45) is 1.59. The molecule has 0 atom stereocenters. The molecule has 1 heterocycles. The molecular weight excluding hydrogens is 338 g/mol. The van der Waals surface area contributed by atoms with Gasteiger partial charge in [-0.3, -0.25) is 25.2 Å². The highest BCUT2D eigenvalue weighted by Gasteiger charge is 2.14. The van der Waals surface area contributed by atoms with Gasteiger partial charge < -0.3 is 10.6 Å². The van der Waals surface area contributed by atoms with Gasteiger partial charge in [0, 0.05) is 43.2 Å². The van der Waals surface area contributed by atoms with Gasteiger partial charge in [0.2, 0.25) is 0 Å². The Hall–Kier alpha value is -3.75. The number of pyridine rings is 1. The fourth-order valence-electron chi connectivity index (χ4n) is 2.56. The highest BCUT2D eigenvalue weighted by molar-refractivity contribution is 5.96. The van der Waals surface area contributed by atoms with Crippen molar-refractivity contribution in [2.24, 2.45) is 0 Å². The van der Waals surface area contributed by atoms with Crippen LogP contribution in [0.2, 0.25) is 0 Å². The maximum Gasteiger partial charge on any atom is 0.278 e. The number of anilines is 2.